The van der Waals surface area contributed by atoms with Crippen molar-refractivity contribution >= 4 is 28.4 Å². The van der Waals surface area contributed by atoms with Crippen molar-refractivity contribution in [2.75, 3.05) is 31.1 Å². The molecule has 9 heteroatoms. The largest absolute Gasteiger partial charge is 0.339 e. The Morgan fingerprint density at radius 3 is 2.52 bits per heavy atom. The van der Waals surface area contributed by atoms with Crippen molar-refractivity contribution in [3.63, 3.8) is 0 Å². The molecule has 0 atom stereocenters. The number of H-pyrrole nitrogens is 1. The fourth-order valence-corrected chi connectivity index (χ4v) is 5.48. The molecule has 2 aromatic heterocycles. The van der Waals surface area contributed by atoms with Gasteiger partial charge in [0.2, 0.25) is 0 Å². The number of thiazole rings is 1. The summed E-state index contributed by atoms with van der Waals surface area (Å²) in [7, 11) is 0. The number of aromatic nitrogens is 3. The Morgan fingerprint density at radius 1 is 1.06 bits per heavy atom. The van der Waals surface area contributed by atoms with E-state index < -0.39 is 0 Å². The number of aromatic amines is 1. The molecular weight excluding hydrogens is 436 g/mol. The summed E-state index contributed by atoms with van der Waals surface area (Å²) in [5.74, 6) is 0.103. The summed E-state index contributed by atoms with van der Waals surface area (Å²) in [5, 5.41) is 8.00. The van der Waals surface area contributed by atoms with Gasteiger partial charge in [-0.2, -0.15) is 5.10 Å². The van der Waals surface area contributed by atoms with Crippen molar-refractivity contribution in [3.8, 4) is 10.6 Å². The molecule has 8 nitrogen and oxygen atoms in total. The second-order valence-corrected chi connectivity index (χ2v) is 9.73. The van der Waals surface area contributed by atoms with Crippen LogP contribution >= 0.6 is 11.3 Å². The first-order valence-corrected chi connectivity index (χ1v) is 12.3. The average molecular weight is 465 g/mol. The number of urea groups is 1. The highest BCUT2D eigenvalue weighted by atomic mass is 32.1. The number of anilines is 1. The predicted molar refractivity (Wildman–Crippen MR) is 129 cm³/mol. The Kier molecular flexibility index (Phi) is 5.88. The summed E-state index contributed by atoms with van der Waals surface area (Å²) in [6.07, 6.45) is 3.37. The first-order chi connectivity index (χ1) is 16.0. The lowest BCUT2D eigenvalue weighted by atomic mass is 10.1. The number of rotatable bonds is 5. The van der Waals surface area contributed by atoms with E-state index in [4.69, 9.17) is 0 Å². The zero-order chi connectivity index (χ0) is 22.9. The van der Waals surface area contributed by atoms with Crippen molar-refractivity contribution in [2.24, 2.45) is 0 Å². The number of nitrogens with zero attached hydrogens (tertiary/aromatic N) is 5. The van der Waals surface area contributed by atoms with Gasteiger partial charge in [0.15, 0.2) is 5.13 Å². The lowest BCUT2D eigenvalue weighted by molar-refractivity contribution is 0.0724. The molecule has 0 spiro atoms. The van der Waals surface area contributed by atoms with Crippen LogP contribution in [0.5, 0.6) is 0 Å². The molecule has 0 unspecified atom stereocenters. The number of hydrogen-bond donors (Lipinski definition) is 1. The summed E-state index contributed by atoms with van der Waals surface area (Å²) in [6, 6.07) is 9.63. The van der Waals surface area contributed by atoms with Crippen LogP contribution in [0.2, 0.25) is 0 Å². The van der Waals surface area contributed by atoms with Crippen LogP contribution in [0.4, 0.5) is 9.93 Å². The van der Waals surface area contributed by atoms with Crippen LogP contribution in [0.3, 0.4) is 0 Å². The number of piperidine rings is 1. The Labute approximate surface area is 197 Å². The van der Waals surface area contributed by atoms with Gasteiger partial charge in [-0.05, 0) is 56.9 Å². The maximum atomic E-state index is 13.1. The predicted octanol–water partition coefficient (Wildman–Crippen LogP) is 4.22. The highest BCUT2D eigenvalue weighted by molar-refractivity contribution is 7.19. The normalized spacial score (nSPS) is 16.7. The number of amides is 3. The van der Waals surface area contributed by atoms with Crippen molar-refractivity contribution in [2.45, 2.75) is 39.7 Å². The maximum Gasteiger partial charge on any atom is 0.326 e. The zero-order valence-corrected chi connectivity index (χ0v) is 19.8. The van der Waals surface area contributed by atoms with E-state index in [1.54, 1.807) is 4.90 Å². The molecule has 2 fully saturated rings. The lowest BCUT2D eigenvalue weighted by Gasteiger charge is -2.26. The molecule has 3 amide bonds. The van der Waals surface area contributed by atoms with Crippen molar-refractivity contribution in [3.05, 3.63) is 52.8 Å². The average Bonchev–Trinajstić information content (AvgIpc) is 3.53. The van der Waals surface area contributed by atoms with Crippen LogP contribution in [0.15, 0.2) is 30.3 Å². The molecule has 33 heavy (non-hydrogen) atoms. The summed E-state index contributed by atoms with van der Waals surface area (Å²) >= 11 is 1.50. The topological polar surface area (TPSA) is 85.4 Å². The molecule has 1 N–H and O–H groups in total. The molecule has 2 saturated heterocycles. The molecular formula is C24H28N6O2S. The third-order valence-corrected chi connectivity index (χ3v) is 7.47. The molecule has 3 aromatic rings. The van der Waals surface area contributed by atoms with E-state index in [0.717, 1.165) is 59.0 Å². The van der Waals surface area contributed by atoms with Gasteiger partial charge in [0.1, 0.15) is 5.69 Å². The minimum Gasteiger partial charge on any atom is -0.339 e. The van der Waals surface area contributed by atoms with Crippen LogP contribution in [0.1, 0.15) is 46.6 Å². The fraction of sp³-hybridized carbons (Fsp3) is 0.417. The van der Waals surface area contributed by atoms with Crippen molar-refractivity contribution < 1.29 is 9.59 Å². The minimum absolute atomic E-state index is 0.0398. The van der Waals surface area contributed by atoms with Gasteiger partial charge in [-0.25, -0.2) is 9.78 Å². The first kappa shape index (κ1) is 21.6. The Morgan fingerprint density at radius 2 is 1.82 bits per heavy atom. The van der Waals surface area contributed by atoms with Crippen LogP contribution in [-0.2, 0) is 6.54 Å². The van der Waals surface area contributed by atoms with Crippen molar-refractivity contribution in [1.82, 2.24) is 25.0 Å². The van der Waals surface area contributed by atoms with Gasteiger partial charge in [-0.15, -0.1) is 0 Å². The molecule has 0 bridgehead atoms. The van der Waals surface area contributed by atoms with E-state index in [-0.39, 0.29) is 11.9 Å². The zero-order valence-electron chi connectivity index (χ0n) is 19.0. The number of aryl methyl sites for hydroxylation is 2. The quantitative estimate of drug-likeness (QED) is 0.613. The molecule has 172 valence electrons. The van der Waals surface area contributed by atoms with E-state index in [1.807, 2.05) is 54.0 Å². The number of nitrogens with one attached hydrogen (secondary N) is 1. The minimum atomic E-state index is -0.0398. The molecule has 2 aliphatic heterocycles. The fourth-order valence-electron chi connectivity index (χ4n) is 4.43. The molecule has 0 aliphatic carbocycles. The van der Waals surface area contributed by atoms with E-state index in [2.05, 4.69) is 15.2 Å². The van der Waals surface area contributed by atoms with E-state index >= 15 is 0 Å². The standard InChI is InChI=1S/C24H28N6O2S/c1-16-14-20(27-26-16)21-17(2)25-23(33-21)30-13-12-29(24(30)32)15-18-6-8-19(9-7-18)22(31)28-10-4-3-5-11-28/h6-9,14H,3-5,10-13,15H2,1-2H3,(H,26,27). The molecule has 0 saturated carbocycles. The third-order valence-electron chi connectivity index (χ3n) is 6.27. The van der Waals surface area contributed by atoms with E-state index in [9.17, 15) is 9.59 Å². The van der Waals surface area contributed by atoms with Gasteiger partial charge in [-0.1, -0.05) is 23.5 Å². The van der Waals surface area contributed by atoms with Gasteiger partial charge in [0.25, 0.3) is 5.91 Å². The Bertz CT molecular complexity index is 1160. The van der Waals surface area contributed by atoms with Gasteiger partial charge >= 0.3 is 6.03 Å². The second kappa shape index (κ2) is 8.97. The van der Waals surface area contributed by atoms with E-state index in [0.29, 0.717) is 24.8 Å². The van der Waals surface area contributed by atoms with Gasteiger partial charge in [0, 0.05) is 44.0 Å². The molecule has 5 rings (SSSR count). The van der Waals surface area contributed by atoms with E-state index in [1.165, 1.54) is 17.8 Å². The highest BCUT2D eigenvalue weighted by Gasteiger charge is 2.32. The smallest absolute Gasteiger partial charge is 0.326 e. The number of benzene rings is 1. The number of carbonyl (C=O) groups excluding carboxylic acids is 2. The van der Waals surface area contributed by atoms with Crippen molar-refractivity contribution in [1.29, 1.82) is 0 Å². The number of hydrogen-bond acceptors (Lipinski definition) is 5. The Balaban J connectivity index is 1.24. The molecule has 1 aromatic carbocycles. The summed E-state index contributed by atoms with van der Waals surface area (Å²) in [6.45, 7) is 7.37. The van der Waals surface area contributed by atoms with Gasteiger partial charge < -0.3 is 9.80 Å². The lowest BCUT2D eigenvalue weighted by Crippen LogP contribution is -2.35. The molecule has 2 aliphatic rings. The monoisotopic (exact) mass is 464 g/mol. The highest BCUT2D eigenvalue weighted by Crippen LogP contribution is 2.35. The third kappa shape index (κ3) is 4.37. The summed E-state index contributed by atoms with van der Waals surface area (Å²) < 4.78 is 0. The van der Waals surface area contributed by atoms with Crippen LogP contribution in [-0.4, -0.2) is 63.1 Å². The van der Waals surface area contributed by atoms with Crippen LogP contribution in [0.25, 0.3) is 10.6 Å². The van der Waals surface area contributed by atoms with Gasteiger partial charge in [0.05, 0.1) is 10.6 Å². The van der Waals surface area contributed by atoms with Crippen LogP contribution < -0.4 is 4.90 Å². The summed E-state index contributed by atoms with van der Waals surface area (Å²) in [5.41, 5.74) is 4.46. The summed E-state index contributed by atoms with van der Waals surface area (Å²) in [4.78, 5) is 36.9. The second-order valence-electron chi connectivity index (χ2n) is 8.75. The maximum absolute atomic E-state index is 13.1. The SMILES string of the molecule is Cc1cc(-c2sc(N3CCN(Cc4ccc(C(=O)N5CCCCC5)cc4)C3=O)nc2C)n[nH]1. The first-order valence-electron chi connectivity index (χ1n) is 11.4. The molecule has 4 heterocycles. The van der Waals surface area contributed by atoms with Crippen LogP contribution in [0, 0.1) is 13.8 Å². The number of carbonyl (C=O) groups is 2. The number of likely N-dealkylation sites (tertiary alicyclic amines) is 1. The Hall–Kier alpha value is -3.20. The molecule has 0 radical (unpaired) electrons. The van der Waals surface area contributed by atoms with Gasteiger partial charge in [-0.3, -0.25) is 14.8 Å².